The molecule has 0 spiro atoms. The number of carbonyl (C=O) groups excluding carboxylic acids is 1. The number of aliphatic carboxylic acids is 2. The van der Waals surface area contributed by atoms with E-state index in [-0.39, 0.29) is 19.3 Å². The predicted octanol–water partition coefficient (Wildman–Crippen LogP) is -0.651. The third-order valence-electron chi connectivity index (χ3n) is 2.25. The molecule has 1 fully saturated rings. The second kappa shape index (κ2) is 31.9. The van der Waals surface area contributed by atoms with Crippen LogP contribution in [0.4, 0.5) is 0 Å². The van der Waals surface area contributed by atoms with E-state index >= 15 is 0 Å². The van der Waals surface area contributed by atoms with E-state index in [9.17, 15) is 9.59 Å². The van der Waals surface area contributed by atoms with E-state index in [0.717, 1.165) is 19.7 Å². The number of hydrogen-bond acceptors (Lipinski definition) is 8. The molecule has 0 saturated carbocycles. The standard InChI is InChI=1S/C6H10O4.C4H13N3.C3H5ClO.CH2O2.CH2O/c7-5(8)3-1-2-4-6(9)10;5-1-3-7-4-2-6;4-1-3-2-5-3;2-1-3;1-2/h1-4H2,(H,7,8)(H,9,10);7H,1-6H2;3H,1-2H2;1H,(H,2,3);1H2. The van der Waals surface area contributed by atoms with Crippen molar-refractivity contribution in [2.24, 2.45) is 11.5 Å². The fraction of sp³-hybridized carbons (Fsp3) is 0.733. The van der Waals surface area contributed by atoms with Crippen molar-refractivity contribution >= 4 is 36.8 Å². The third-order valence-corrected chi connectivity index (χ3v) is 2.59. The molecule has 1 unspecified atom stereocenters. The Morgan fingerprint density at radius 1 is 1.11 bits per heavy atom. The van der Waals surface area contributed by atoms with Gasteiger partial charge in [0, 0.05) is 39.0 Å². The molecule has 8 N–H and O–H groups in total. The molecular formula is C15H32ClN3O8. The highest BCUT2D eigenvalue weighted by molar-refractivity contribution is 6.18. The van der Waals surface area contributed by atoms with Crippen LogP contribution in [-0.2, 0) is 23.9 Å². The summed E-state index contributed by atoms with van der Waals surface area (Å²) < 4.78 is 4.73. The summed E-state index contributed by atoms with van der Waals surface area (Å²) in [4.78, 5) is 36.2. The van der Waals surface area contributed by atoms with Gasteiger partial charge in [0.1, 0.15) is 6.79 Å². The number of halogens is 1. The summed E-state index contributed by atoms with van der Waals surface area (Å²) in [7, 11) is 0. The molecule has 0 aromatic heterocycles. The van der Waals surface area contributed by atoms with Crippen LogP contribution < -0.4 is 16.8 Å². The normalized spacial score (nSPS) is 12.8. The number of epoxide rings is 1. The largest absolute Gasteiger partial charge is 0.483 e. The predicted molar refractivity (Wildman–Crippen MR) is 101 cm³/mol. The SMILES string of the molecule is C=O.ClCC1CO1.NCCNCCN.O=C(O)CCCCC(=O)O.O=CO. The van der Waals surface area contributed by atoms with Gasteiger partial charge in [0.15, 0.2) is 0 Å². The van der Waals surface area contributed by atoms with Gasteiger partial charge >= 0.3 is 11.9 Å². The number of carbonyl (C=O) groups is 4. The number of nitrogens with two attached hydrogens (primary N) is 2. The minimum absolute atomic E-state index is 0.0628. The van der Waals surface area contributed by atoms with Crippen LogP contribution in [0.15, 0.2) is 0 Å². The van der Waals surface area contributed by atoms with Crippen LogP contribution in [-0.4, -0.2) is 85.3 Å². The lowest BCUT2D eigenvalue weighted by atomic mass is 10.2. The molecule has 11 nitrogen and oxygen atoms in total. The molecule has 1 saturated heterocycles. The van der Waals surface area contributed by atoms with Crippen molar-refractivity contribution in [1.82, 2.24) is 5.32 Å². The first-order valence-corrected chi connectivity index (χ1v) is 8.51. The van der Waals surface area contributed by atoms with Crippen LogP contribution in [0.1, 0.15) is 25.7 Å². The van der Waals surface area contributed by atoms with E-state index in [0.29, 0.717) is 37.9 Å². The van der Waals surface area contributed by atoms with Crippen molar-refractivity contribution in [2.45, 2.75) is 31.8 Å². The van der Waals surface area contributed by atoms with Crippen molar-refractivity contribution in [3.8, 4) is 0 Å². The number of ether oxygens (including phenoxy) is 1. The molecule has 0 bridgehead atoms. The molecule has 27 heavy (non-hydrogen) atoms. The van der Waals surface area contributed by atoms with Crippen LogP contribution in [0.5, 0.6) is 0 Å². The van der Waals surface area contributed by atoms with E-state index in [1.165, 1.54) is 0 Å². The van der Waals surface area contributed by atoms with Gasteiger partial charge in [-0.25, -0.2) is 0 Å². The van der Waals surface area contributed by atoms with E-state index < -0.39 is 11.9 Å². The second-order valence-electron chi connectivity index (χ2n) is 4.54. The highest BCUT2D eigenvalue weighted by Gasteiger charge is 2.19. The molecule has 1 rings (SSSR count). The zero-order chi connectivity index (χ0) is 21.9. The molecule has 0 aromatic rings. The molecule has 12 heteroatoms. The lowest BCUT2D eigenvalue weighted by Gasteiger charge is -1.95. The summed E-state index contributed by atoms with van der Waals surface area (Å²) in [5.74, 6) is -1.07. The topological polar surface area (TPSA) is 206 Å². The zero-order valence-corrected chi connectivity index (χ0v) is 16.1. The number of carboxylic acids is 2. The summed E-state index contributed by atoms with van der Waals surface area (Å²) in [5, 5.41) is 26.2. The molecule has 1 aliphatic rings. The first kappa shape index (κ1) is 32.8. The minimum atomic E-state index is -0.870. The van der Waals surface area contributed by atoms with Crippen molar-refractivity contribution in [3.63, 3.8) is 0 Å². The Labute approximate surface area is 164 Å². The van der Waals surface area contributed by atoms with Crippen LogP contribution in [0, 0.1) is 0 Å². The monoisotopic (exact) mass is 417 g/mol. The Kier molecular flexibility index (Phi) is 38.8. The van der Waals surface area contributed by atoms with Gasteiger partial charge in [-0.3, -0.25) is 14.4 Å². The zero-order valence-electron chi connectivity index (χ0n) is 15.3. The van der Waals surface area contributed by atoms with Crippen molar-refractivity contribution in [1.29, 1.82) is 0 Å². The molecule has 1 atom stereocenters. The van der Waals surface area contributed by atoms with E-state index in [1.54, 1.807) is 0 Å². The van der Waals surface area contributed by atoms with Crippen molar-refractivity contribution in [2.75, 3.05) is 38.7 Å². The quantitative estimate of drug-likeness (QED) is 0.114. The lowest BCUT2D eigenvalue weighted by molar-refractivity contribution is -0.139. The molecule has 0 amide bonds. The third kappa shape index (κ3) is 59.1. The lowest BCUT2D eigenvalue weighted by Crippen LogP contribution is -2.27. The first-order valence-electron chi connectivity index (χ1n) is 7.98. The molecule has 0 radical (unpaired) electrons. The number of rotatable bonds is 10. The molecular weight excluding hydrogens is 386 g/mol. The van der Waals surface area contributed by atoms with Crippen LogP contribution >= 0.6 is 11.6 Å². The summed E-state index contributed by atoms with van der Waals surface area (Å²) in [6, 6.07) is 0. The Bertz CT molecular complexity index is 314. The summed E-state index contributed by atoms with van der Waals surface area (Å²) in [6.45, 7) is 5.76. The van der Waals surface area contributed by atoms with Gasteiger partial charge in [0.2, 0.25) is 0 Å². The Morgan fingerprint density at radius 3 is 1.59 bits per heavy atom. The van der Waals surface area contributed by atoms with Gasteiger partial charge in [0.05, 0.1) is 18.6 Å². The van der Waals surface area contributed by atoms with Gasteiger partial charge in [0.25, 0.3) is 6.47 Å². The van der Waals surface area contributed by atoms with Gasteiger partial charge in [-0.1, -0.05) is 0 Å². The van der Waals surface area contributed by atoms with E-state index in [4.69, 9.17) is 52.7 Å². The second-order valence-corrected chi connectivity index (χ2v) is 4.85. The molecule has 0 aromatic carbocycles. The summed E-state index contributed by atoms with van der Waals surface area (Å²) >= 11 is 5.27. The number of alkyl halides is 1. The van der Waals surface area contributed by atoms with Gasteiger partial charge in [-0.15, -0.1) is 11.6 Å². The maximum absolute atomic E-state index is 9.90. The Balaban J connectivity index is -0.000000136. The van der Waals surface area contributed by atoms with Crippen molar-refractivity contribution < 1.29 is 39.2 Å². The number of hydrogen-bond donors (Lipinski definition) is 6. The smallest absolute Gasteiger partial charge is 0.303 e. The molecule has 162 valence electrons. The van der Waals surface area contributed by atoms with E-state index in [1.807, 2.05) is 6.79 Å². The highest BCUT2D eigenvalue weighted by Crippen LogP contribution is 2.08. The maximum Gasteiger partial charge on any atom is 0.303 e. The number of unbranched alkanes of at least 4 members (excludes halogenated alkanes) is 1. The van der Waals surface area contributed by atoms with Gasteiger partial charge < -0.3 is 41.6 Å². The van der Waals surface area contributed by atoms with E-state index in [2.05, 4.69) is 5.32 Å². The average molecular weight is 418 g/mol. The molecule has 1 heterocycles. The van der Waals surface area contributed by atoms with Crippen LogP contribution in [0.3, 0.4) is 0 Å². The van der Waals surface area contributed by atoms with Gasteiger partial charge in [-0.2, -0.15) is 0 Å². The summed E-state index contributed by atoms with van der Waals surface area (Å²) in [6.07, 6.45) is 1.42. The molecule has 0 aliphatic carbocycles. The van der Waals surface area contributed by atoms with Crippen LogP contribution in [0.2, 0.25) is 0 Å². The Morgan fingerprint density at radius 2 is 1.44 bits per heavy atom. The van der Waals surface area contributed by atoms with Gasteiger partial charge in [-0.05, 0) is 12.8 Å². The number of carboxylic acid groups (broad SMARTS) is 3. The fourth-order valence-electron chi connectivity index (χ4n) is 1.04. The fourth-order valence-corrected chi connectivity index (χ4v) is 1.22. The first-order chi connectivity index (χ1) is 12.9. The van der Waals surface area contributed by atoms with Crippen molar-refractivity contribution in [3.05, 3.63) is 0 Å². The minimum Gasteiger partial charge on any atom is -0.483 e. The number of nitrogens with one attached hydrogen (secondary N) is 1. The molecule has 1 aliphatic heterocycles. The average Bonchev–Trinajstić information content (AvgIpc) is 3.47. The summed E-state index contributed by atoms with van der Waals surface area (Å²) in [5.41, 5.74) is 10.3. The highest BCUT2D eigenvalue weighted by atomic mass is 35.5. The van der Waals surface area contributed by atoms with Crippen LogP contribution in [0.25, 0.3) is 0 Å². The Hall–Kier alpha value is -1.79. The maximum atomic E-state index is 9.90.